The Morgan fingerprint density at radius 3 is 2.63 bits per heavy atom. The van der Waals surface area contributed by atoms with Crippen LogP contribution in [0.5, 0.6) is 5.75 Å². The molecule has 0 amide bonds. The molecule has 2 aromatic heterocycles. The minimum atomic E-state index is 0.0642. The van der Waals surface area contributed by atoms with Gasteiger partial charge in [-0.15, -0.1) is 11.3 Å². The van der Waals surface area contributed by atoms with Crippen LogP contribution < -0.4 is 10.1 Å². The maximum absolute atomic E-state index is 5.37. The summed E-state index contributed by atoms with van der Waals surface area (Å²) >= 11 is 1.60. The fourth-order valence-corrected chi connectivity index (χ4v) is 2.65. The highest BCUT2D eigenvalue weighted by Crippen LogP contribution is 2.32. The second-order valence-corrected chi connectivity index (χ2v) is 6.25. The van der Waals surface area contributed by atoms with E-state index in [-0.39, 0.29) is 5.41 Å². The molecule has 102 valence electrons. The van der Waals surface area contributed by atoms with Gasteiger partial charge < -0.3 is 10.1 Å². The van der Waals surface area contributed by atoms with Crippen LogP contribution in [0, 0.1) is 6.92 Å². The zero-order valence-electron chi connectivity index (χ0n) is 11.9. The van der Waals surface area contributed by atoms with Gasteiger partial charge in [-0.1, -0.05) is 20.8 Å². The van der Waals surface area contributed by atoms with E-state index in [2.05, 4.69) is 41.4 Å². The van der Waals surface area contributed by atoms with Crippen molar-refractivity contribution in [3.63, 3.8) is 0 Å². The van der Waals surface area contributed by atoms with E-state index >= 15 is 0 Å². The van der Waals surface area contributed by atoms with Crippen LogP contribution in [0.25, 0.3) is 0 Å². The van der Waals surface area contributed by atoms with Crippen molar-refractivity contribution in [3.05, 3.63) is 29.0 Å². The summed E-state index contributed by atoms with van der Waals surface area (Å²) in [5, 5.41) is 6.25. The highest BCUT2D eigenvalue weighted by atomic mass is 32.1. The number of aromatic nitrogens is 2. The van der Waals surface area contributed by atoms with Crippen molar-refractivity contribution in [2.24, 2.45) is 0 Å². The van der Waals surface area contributed by atoms with E-state index in [1.54, 1.807) is 24.6 Å². The molecule has 0 aromatic carbocycles. The third-order valence-corrected chi connectivity index (χ3v) is 3.56. The second kappa shape index (κ2) is 5.17. The Balaban J connectivity index is 2.27. The number of anilines is 2. The number of rotatable bonds is 3. The second-order valence-electron chi connectivity index (χ2n) is 5.39. The van der Waals surface area contributed by atoms with E-state index in [0.717, 1.165) is 28.0 Å². The number of methoxy groups -OCH3 is 1. The highest BCUT2D eigenvalue weighted by molar-refractivity contribution is 7.13. The first kappa shape index (κ1) is 13.8. The van der Waals surface area contributed by atoms with Gasteiger partial charge in [0.05, 0.1) is 24.2 Å². The summed E-state index contributed by atoms with van der Waals surface area (Å²) in [6.07, 6.45) is 1.76. The molecule has 1 N–H and O–H groups in total. The number of hydrogen-bond acceptors (Lipinski definition) is 5. The lowest BCUT2D eigenvalue weighted by atomic mass is 9.93. The maximum atomic E-state index is 5.37. The molecule has 0 bridgehead atoms. The van der Waals surface area contributed by atoms with E-state index in [4.69, 9.17) is 4.74 Å². The smallest absolute Gasteiger partial charge is 0.187 e. The molecule has 0 atom stereocenters. The van der Waals surface area contributed by atoms with Crippen molar-refractivity contribution in [2.45, 2.75) is 33.1 Å². The number of thiazole rings is 1. The maximum Gasteiger partial charge on any atom is 0.187 e. The van der Waals surface area contributed by atoms with Gasteiger partial charge in [-0.05, 0) is 13.0 Å². The standard InChI is InChI=1S/C14H19N3OS/c1-9-12(18-5)10(6-7-15-9)16-13-17-11(8-19-13)14(2,3)4/h6-8H,1-5H3,(H,15,16,17). The lowest BCUT2D eigenvalue weighted by Gasteiger charge is -2.14. The van der Waals surface area contributed by atoms with Gasteiger partial charge in [0.1, 0.15) is 0 Å². The van der Waals surface area contributed by atoms with E-state index in [1.807, 2.05) is 13.0 Å². The van der Waals surface area contributed by atoms with Gasteiger partial charge in [-0.2, -0.15) is 0 Å². The Kier molecular flexibility index (Phi) is 3.75. The van der Waals surface area contributed by atoms with E-state index in [1.165, 1.54) is 0 Å². The Morgan fingerprint density at radius 2 is 2.05 bits per heavy atom. The fourth-order valence-electron chi connectivity index (χ4n) is 1.70. The molecule has 5 heteroatoms. The number of ether oxygens (including phenoxy) is 1. The Hall–Kier alpha value is -1.62. The third-order valence-electron chi connectivity index (χ3n) is 2.80. The van der Waals surface area contributed by atoms with Gasteiger partial charge in [0.25, 0.3) is 0 Å². The molecule has 0 aliphatic carbocycles. The molecule has 0 unspecified atom stereocenters. The molecule has 2 heterocycles. The third kappa shape index (κ3) is 3.04. The molecule has 0 spiro atoms. The monoisotopic (exact) mass is 277 g/mol. The summed E-state index contributed by atoms with van der Waals surface area (Å²) in [4.78, 5) is 8.83. The number of nitrogens with zero attached hydrogens (tertiary/aromatic N) is 2. The summed E-state index contributed by atoms with van der Waals surface area (Å²) in [7, 11) is 1.65. The average Bonchev–Trinajstić information content (AvgIpc) is 2.77. The zero-order chi connectivity index (χ0) is 14.0. The van der Waals surface area contributed by atoms with Crippen molar-refractivity contribution in [1.82, 2.24) is 9.97 Å². The molecule has 0 radical (unpaired) electrons. The summed E-state index contributed by atoms with van der Waals surface area (Å²) in [5.41, 5.74) is 2.91. The van der Waals surface area contributed by atoms with Crippen LogP contribution in [-0.2, 0) is 5.41 Å². The number of pyridine rings is 1. The van der Waals surface area contributed by atoms with Crippen molar-refractivity contribution in [1.29, 1.82) is 0 Å². The first-order valence-electron chi connectivity index (χ1n) is 6.14. The normalized spacial score (nSPS) is 11.4. The largest absolute Gasteiger partial charge is 0.493 e. The first-order chi connectivity index (χ1) is 8.91. The average molecular weight is 277 g/mol. The molecular formula is C14H19N3OS. The SMILES string of the molecule is COc1c(Nc2nc(C(C)(C)C)cs2)ccnc1C. The molecule has 4 nitrogen and oxygen atoms in total. The van der Waals surface area contributed by atoms with Gasteiger partial charge >= 0.3 is 0 Å². The number of aryl methyl sites for hydroxylation is 1. The molecule has 0 fully saturated rings. The van der Waals surface area contributed by atoms with Crippen LogP contribution in [0.3, 0.4) is 0 Å². The molecule has 0 saturated carbocycles. The number of hydrogen-bond donors (Lipinski definition) is 1. The molecule has 2 rings (SSSR count). The van der Waals surface area contributed by atoms with Crippen molar-refractivity contribution < 1.29 is 4.74 Å². The van der Waals surface area contributed by atoms with Gasteiger partial charge in [0, 0.05) is 17.0 Å². The van der Waals surface area contributed by atoms with E-state index in [0.29, 0.717) is 0 Å². The first-order valence-corrected chi connectivity index (χ1v) is 7.02. The summed E-state index contributed by atoms with van der Waals surface area (Å²) in [5.74, 6) is 0.759. The summed E-state index contributed by atoms with van der Waals surface area (Å²) in [6.45, 7) is 8.39. The van der Waals surface area contributed by atoms with Crippen LogP contribution in [0.15, 0.2) is 17.6 Å². The highest BCUT2D eigenvalue weighted by Gasteiger charge is 2.18. The molecule has 0 saturated heterocycles. The number of nitrogens with one attached hydrogen (secondary N) is 1. The fraction of sp³-hybridized carbons (Fsp3) is 0.429. The molecule has 19 heavy (non-hydrogen) atoms. The predicted molar refractivity (Wildman–Crippen MR) is 79.6 cm³/mol. The molecular weight excluding hydrogens is 258 g/mol. The van der Waals surface area contributed by atoms with Crippen LogP contribution in [0.1, 0.15) is 32.2 Å². The van der Waals surface area contributed by atoms with E-state index in [9.17, 15) is 0 Å². The van der Waals surface area contributed by atoms with Crippen LogP contribution in [0.4, 0.5) is 10.8 Å². The van der Waals surface area contributed by atoms with Gasteiger partial charge in [-0.25, -0.2) is 4.98 Å². The molecule has 0 aliphatic heterocycles. The lowest BCUT2D eigenvalue weighted by Crippen LogP contribution is -2.11. The summed E-state index contributed by atoms with van der Waals surface area (Å²) in [6, 6.07) is 1.89. The van der Waals surface area contributed by atoms with Crippen molar-refractivity contribution >= 4 is 22.2 Å². The molecule has 2 aromatic rings. The minimum absolute atomic E-state index is 0.0642. The van der Waals surface area contributed by atoms with Crippen LogP contribution in [0.2, 0.25) is 0 Å². The van der Waals surface area contributed by atoms with Gasteiger partial charge in [-0.3, -0.25) is 4.98 Å². The zero-order valence-corrected chi connectivity index (χ0v) is 12.8. The summed E-state index contributed by atoms with van der Waals surface area (Å²) < 4.78 is 5.37. The van der Waals surface area contributed by atoms with Crippen molar-refractivity contribution in [3.8, 4) is 5.75 Å². The van der Waals surface area contributed by atoms with Gasteiger partial charge in [0.2, 0.25) is 0 Å². The molecule has 0 aliphatic rings. The van der Waals surface area contributed by atoms with Gasteiger partial charge in [0.15, 0.2) is 10.9 Å². The quantitative estimate of drug-likeness (QED) is 0.924. The Morgan fingerprint density at radius 1 is 1.32 bits per heavy atom. The minimum Gasteiger partial charge on any atom is -0.493 e. The topological polar surface area (TPSA) is 47.0 Å². The van der Waals surface area contributed by atoms with Crippen LogP contribution in [-0.4, -0.2) is 17.1 Å². The van der Waals surface area contributed by atoms with Crippen LogP contribution >= 0.6 is 11.3 Å². The van der Waals surface area contributed by atoms with E-state index < -0.39 is 0 Å². The Labute approximate surface area is 117 Å². The lowest BCUT2D eigenvalue weighted by molar-refractivity contribution is 0.411. The van der Waals surface area contributed by atoms with Crippen molar-refractivity contribution in [2.75, 3.05) is 12.4 Å². The predicted octanol–water partition coefficient (Wildman–Crippen LogP) is 3.90. The Bertz CT molecular complexity index is 572.